The van der Waals surface area contributed by atoms with Gasteiger partial charge in [0, 0.05) is 6.04 Å². The molecule has 1 amide bonds. The molecule has 1 fully saturated rings. The molecule has 0 heterocycles. The van der Waals surface area contributed by atoms with Crippen molar-refractivity contribution in [3.63, 3.8) is 0 Å². The average molecular weight is 247 g/mol. The van der Waals surface area contributed by atoms with Crippen molar-refractivity contribution in [2.75, 3.05) is 0 Å². The van der Waals surface area contributed by atoms with E-state index in [1.165, 1.54) is 12.8 Å². The Labute approximate surface area is 109 Å². The van der Waals surface area contributed by atoms with Crippen LogP contribution in [0.3, 0.4) is 0 Å². The maximum atomic E-state index is 12.0. The lowest BCUT2D eigenvalue weighted by atomic mass is 10.2. The topological polar surface area (TPSA) is 38.3 Å². The molecule has 98 valence electrons. The summed E-state index contributed by atoms with van der Waals surface area (Å²) in [6, 6.07) is 8.12. The zero-order valence-corrected chi connectivity index (χ0v) is 11.1. The maximum Gasteiger partial charge on any atom is 0.260 e. The lowest BCUT2D eigenvalue weighted by molar-refractivity contribution is -0.127. The highest BCUT2D eigenvalue weighted by atomic mass is 16.5. The first-order valence-corrected chi connectivity index (χ1v) is 6.69. The fraction of sp³-hybridized carbons (Fsp3) is 0.533. The predicted molar refractivity (Wildman–Crippen MR) is 71.7 cm³/mol. The molecular formula is C15H21NO2. The van der Waals surface area contributed by atoms with Crippen LogP contribution in [0.25, 0.3) is 0 Å². The van der Waals surface area contributed by atoms with Gasteiger partial charge in [-0.25, -0.2) is 0 Å². The number of hydrogen-bond donors (Lipinski definition) is 1. The summed E-state index contributed by atoms with van der Waals surface area (Å²) in [5.41, 5.74) is 1.14. The molecule has 0 aromatic heterocycles. The van der Waals surface area contributed by atoms with E-state index in [-0.39, 0.29) is 5.91 Å². The lowest BCUT2D eigenvalue weighted by Gasteiger charge is -2.18. The highest BCUT2D eigenvalue weighted by Crippen LogP contribution is 2.18. The van der Waals surface area contributed by atoms with Crippen molar-refractivity contribution in [2.24, 2.45) is 0 Å². The van der Waals surface area contributed by atoms with E-state index in [9.17, 15) is 4.79 Å². The van der Waals surface area contributed by atoms with Gasteiger partial charge in [0.25, 0.3) is 5.91 Å². The van der Waals surface area contributed by atoms with E-state index in [2.05, 4.69) is 5.32 Å². The molecule has 1 aliphatic carbocycles. The largest absolute Gasteiger partial charge is 0.481 e. The molecule has 0 aliphatic heterocycles. The first kappa shape index (κ1) is 12.9. The summed E-state index contributed by atoms with van der Waals surface area (Å²) in [4.78, 5) is 12.0. The summed E-state index contributed by atoms with van der Waals surface area (Å²) in [7, 11) is 0. The average Bonchev–Trinajstić information content (AvgIpc) is 2.81. The molecule has 1 saturated carbocycles. The minimum absolute atomic E-state index is 0.0107. The monoisotopic (exact) mass is 247 g/mol. The Morgan fingerprint density at radius 1 is 1.39 bits per heavy atom. The molecule has 2 rings (SSSR count). The molecule has 1 N–H and O–H groups in total. The SMILES string of the molecule is Cc1cccc(O[C@@H](C)C(=O)NC2CCCC2)c1. The molecule has 3 heteroatoms. The second kappa shape index (κ2) is 5.89. The Balaban J connectivity index is 1.86. The van der Waals surface area contributed by atoms with Crippen molar-refractivity contribution in [1.29, 1.82) is 0 Å². The van der Waals surface area contributed by atoms with Crippen LogP contribution in [0.5, 0.6) is 5.75 Å². The Hall–Kier alpha value is -1.51. The first-order chi connectivity index (χ1) is 8.65. The van der Waals surface area contributed by atoms with Crippen molar-refractivity contribution < 1.29 is 9.53 Å². The quantitative estimate of drug-likeness (QED) is 0.888. The predicted octanol–water partition coefficient (Wildman–Crippen LogP) is 2.82. The number of rotatable bonds is 4. The highest BCUT2D eigenvalue weighted by Gasteiger charge is 2.21. The van der Waals surface area contributed by atoms with Crippen LogP contribution in [0, 0.1) is 6.92 Å². The Kier molecular flexibility index (Phi) is 4.24. The molecule has 1 aliphatic rings. The molecule has 0 bridgehead atoms. The molecule has 1 atom stereocenters. The van der Waals surface area contributed by atoms with E-state index < -0.39 is 6.10 Å². The van der Waals surface area contributed by atoms with E-state index in [0.29, 0.717) is 6.04 Å². The van der Waals surface area contributed by atoms with Crippen molar-refractivity contribution in [3.8, 4) is 5.75 Å². The molecule has 0 saturated heterocycles. The number of carbonyl (C=O) groups excluding carboxylic acids is 1. The molecular weight excluding hydrogens is 226 g/mol. The van der Waals surface area contributed by atoms with E-state index in [4.69, 9.17) is 4.74 Å². The van der Waals surface area contributed by atoms with E-state index in [0.717, 1.165) is 24.2 Å². The normalized spacial score (nSPS) is 17.4. The van der Waals surface area contributed by atoms with Gasteiger partial charge in [-0.1, -0.05) is 25.0 Å². The van der Waals surface area contributed by atoms with Crippen LogP contribution in [-0.4, -0.2) is 18.1 Å². The number of benzene rings is 1. The number of ether oxygens (including phenoxy) is 1. The fourth-order valence-corrected chi connectivity index (χ4v) is 2.33. The zero-order chi connectivity index (χ0) is 13.0. The van der Waals surface area contributed by atoms with Gasteiger partial charge in [0.05, 0.1) is 0 Å². The highest BCUT2D eigenvalue weighted by molar-refractivity contribution is 5.81. The molecule has 0 radical (unpaired) electrons. The third kappa shape index (κ3) is 3.49. The fourth-order valence-electron chi connectivity index (χ4n) is 2.33. The number of carbonyl (C=O) groups is 1. The van der Waals surface area contributed by atoms with Crippen LogP contribution < -0.4 is 10.1 Å². The van der Waals surface area contributed by atoms with Gasteiger partial charge in [-0.3, -0.25) is 4.79 Å². The van der Waals surface area contributed by atoms with Crippen LogP contribution >= 0.6 is 0 Å². The second-order valence-corrected chi connectivity index (χ2v) is 5.07. The van der Waals surface area contributed by atoms with Gasteiger partial charge in [-0.15, -0.1) is 0 Å². The minimum Gasteiger partial charge on any atom is -0.481 e. The molecule has 18 heavy (non-hydrogen) atoms. The summed E-state index contributed by atoms with van der Waals surface area (Å²) < 4.78 is 5.66. The molecule has 1 aromatic rings. The Morgan fingerprint density at radius 3 is 2.78 bits per heavy atom. The minimum atomic E-state index is -0.438. The summed E-state index contributed by atoms with van der Waals surface area (Å²) in [6.45, 7) is 3.81. The summed E-state index contributed by atoms with van der Waals surface area (Å²) in [5.74, 6) is 0.743. The van der Waals surface area contributed by atoms with Crippen molar-refractivity contribution >= 4 is 5.91 Å². The van der Waals surface area contributed by atoms with Gasteiger partial charge in [0.15, 0.2) is 6.10 Å². The first-order valence-electron chi connectivity index (χ1n) is 6.69. The molecule has 3 nitrogen and oxygen atoms in total. The number of aryl methyl sites for hydroxylation is 1. The van der Waals surface area contributed by atoms with Crippen molar-refractivity contribution in [3.05, 3.63) is 29.8 Å². The second-order valence-electron chi connectivity index (χ2n) is 5.07. The molecule has 0 unspecified atom stereocenters. The number of amides is 1. The number of nitrogens with one attached hydrogen (secondary N) is 1. The maximum absolute atomic E-state index is 12.0. The zero-order valence-electron chi connectivity index (χ0n) is 11.1. The van der Waals surface area contributed by atoms with Crippen LogP contribution in [0.4, 0.5) is 0 Å². The van der Waals surface area contributed by atoms with Gasteiger partial charge in [-0.05, 0) is 44.4 Å². The Bertz CT molecular complexity index is 411. The van der Waals surface area contributed by atoms with Gasteiger partial charge >= 0.3 is 0 Å². The smallest absolute Gasteiger partial charge is 0.260 e. The van der Waals surface area contributed by atoms with Gasteiger partial charge in [0.1, 0.15) is 5.75 Å². The van der Waals surface area contributed by atoms with Gasteiger partial charge in [0.2, 0.25) is 0 Å². The van der Waals surface area contributed by atoms with Crippen LogP contribution in [0.2, 0.25) is 0 Å². The van der Waals surface area contributed by atoms with Crippen LogP contribution in [0.15, 0.2) is 24.3 Å². The van der Waals surface area contributed by atoms with Gasteiger partial charge < -0.3 is 10.1 Å². The summed E-state index contributed by atoms with van der Waals surface area (Å²) in [5, 5.41) is 3.05. The summed E-state index contributed by atoms with van der Waals surface area (Å²) >= 11 is 0. The Morgan fingerprint density at radius 2 is 2.11 bits per heavy atom. The van der Waals surface area contributed by atoms with Crippen LogP contribution in [-0.2, 0) is 4.79 Å². The van der Waals surface area contributed by atoms with E-state index in [1.54, 1.807) is 6.92 Å². The van der Waals surface area contributed by atoms with Crippen LogP contribution in [0.1, 0.15) is 38.2 Å². The summed E-state index contributed by atoms with van der Waals surface area (Å²) in [6.07, 6.45) is 4.20. The molecule has 0 spiro atoms. The lowest BCUT2D eigenvalue weighted by Crippen LogP contribution is -2.41. The third-order valence-electron chi connectivity index (χ3n) is 3.37. The van der Waals surface area contributed by atoms with E-state index in [1.807, 2.05) is 31.2 Å². The van der Waals surface area contributed by atoms with Crippen molar-refractivity contribution in [2.45, 2.75) is 51.7 Å². The van der Waals surface area contributed by atoms with E-state index >= 15 is 0 Å². The standard InChI is InChI=1S/C15H21NO2/c1-11-6-5-9-14(10-11)18-12(2)15(17)16-13-7-3-4-8-13/h5-6,9-10,12-13H,3-4,7-8H2,1-2H3,(H,16,17)/t12-/m0/s1. The third-order valence-corrected chi connectivity index (χ3v) is 3.37. The van der Waals surface area contributed by atoms with Gasteiger partial charge in [-0.2, -0.15) is 0 Å². The number of hydrogen-bond acceptors (Lipinski definition) is 2. The molecule has 1 aromatic carbocycles. The van der Waals surface area contributed by atoms with Crippen molar-refractivity contribution in [1.82, 2.24) is 5.32 Å².